The van der Waals surface area contributed by atoms with E-state index in [9.17, 15) is 0 Å². The molecule has 2 aromatic heterocycles. The third-order valence-corrected chi connectivity index (χ3v) is 6.54. The Bertz CT molecular complexity index is 1190. The summed E-state index contributed by atoms with van der Waals surface area (Å²) in [5.74, 6) is 0.878. The van der Waals surface area contributed by atoms with E-state index in [2.05, 4.69) is 54.1 Å². The van der Waals surface area contributed by atoms with Gasteiger partial charge in [-0.15, -0.1) is 11.3 Å². The van der Waals surface area contributed by atoms with Crippen molar-refractivity contribution < 1.29 is 9.15 Å². The van der Waals surface area contributed by atoms with Gasteiger partial charge >= 0.3 is 0 Å². The Hall–Kier alpha value is -2.63. The Balaban J connectivity index is 1.65. The molecule has 0 bridgehead atoms. The molecule has 0 unspecified atom stereocenters. The third kappa shape index (κ3) is 3.56. The standard InChI is InChI=1S/C24H24N2O2S/c1-16-7-5-10-20(17(16)2)25-24-26(14-19-9-6-12-27-19)21(15-29-24)23-13-18-8-3-4-11-22(18)28-23/h3-5,7-8,10-11,13,15,19H,6,9,12,14H2,1-2H3/t19-/m1/s1. The van der Waals surface area contributed by atoms with E-state index in [-0.39, 0.29) is 6.10 Å². The van der Waals surface area contributed by atoms with Crippen molar-refractivity contribution in [3.8, 4) is 11.5 Å². The van der Waals surface area contributed by atoms with Crippen molar-refractivity contribution in [1.29, 1.82) is 0 Å². The Morgan fingerprint density at radius 2 is 2.03 bits per heavy atom. The fourth-order valence-electron chi connectivity index (χ4n) is 3.85. The number of furan rings is 1. The normalized spacial score (nSPS) is 17.4. The van der Waals surface area contributed by atoms with Crippen molar-refractivity contribution >= 4 is 28.0 Å². The summed E-state index contributed by atoms with van der Waals surface area (Å²) in [7, 11) is 0. The van der Waals surface area contributed by atoms with E-state index in [0.29, 0.717) is 0 Å². The molecule has 3 heterocycles. The Morgan fingerprint density at radius 1 is 1.14 bits per heavy atom. The molecule has 0 aliphatic carbocycles. The van der Waals surface area contributed by atoms with Gasteiger partial charge in [-0.2, -0.15) is 0 Å². The highest BCUT2D eigenvalue weighted by Gasteiger charge is 2.20. The summed E-state index contributed by atoms with van der Waals surface area (Å²) in [6, 6.07) is 16.5. The third-order valence-electron chi connectivity index (χ3n) is 5.68. The number of fused-ring (bicyclic) bond motifs is 1. The highest BCUT2D eigenvalue weighted by molar-refractivity contribution is 7.07. The van der Waals surface area contributed by atoms with Gasteiger partial charge in [0.25, 0.3) is 0 Å². The first-order valence-corrected chi connectivity index (χ1v) is 11.0. The zero-order valence-corrected chi connectivity index (χ0v) is 17.5. The van der Waals surface area contributed by atoms with Crippen LogP contribution in [0.25, 0.3) is 22.4 Å². The minimum atomic E-state index is 0.227. The molecule has 4 nitrogen and oxygen atoms in total. The lowest BCUT2D eigenvalue weighted by atomic mass is 10.1. The van der Waals surface area contributed by atoms with Gasteiger partial charge in [0.1, 0.15) is 5.58 Å². The van der Waals surface area contributed by atoms with Crippen molar-refractivity contribution in [1.82, 2.24) is 4.57 Å². The quantitative estimate of drug-likeness (QED) is 0.419. The molecule has 1 saturated heterocycles. The van der Waals surface area contributed by atoms with E-state index < -0.39 is 0 Å². The van der Waals surface area contributed by atoms with Crippen LogP contribution in [0.4, 0.5) is 5.69 Å². The van der Waals surface area contributed by atoms with E-state index in [1.807, 2.05) is 18.2 Å². The number of rotatable bonds is 4. The molecule has 0 radical (unpaired) electrons. The second-order valence-electron chi connectivity index (χ2n) is 7.63. The molecule has 0 amide bonds. The van der Waals surface area contributed by atoms with Gasteiger partial charge < -0.3 is 13.7 Å². The first-order valence-electron chi connectivity index (χ1n) is 10.1. The average molecular weight is 405 g/mol. The first kappa shape index (κ1) is 18.4. The highest BCUT2D eigenvalue weighted by Crippen LogP contribution is 2.29. The van der Waals surface area contributed by atoms with Crippen molar-refractivity contribution in [3.05, 3.63) is 69.8 Å². The maximum atomic E-state index is 6.17. The van der Waals surface area contributed by atoms with Crippen LogP contribution in [0.2, 0.25) is 0 Å². The Morgan fingerprint density at radius 3 is 2.86 bits per heavy atom. The summed E-state index contributed by atoms with van der Waals surface area (Å²) in [5.41, 5.74) is 5.46. The number of thiazole rings is 1. The summed E-state index contributed by atoms with van der Waals surface area (Å²) in [4.78, 5) is 6.00. The van der Waals surface area contributed by atoms with Gasteiger partial charge in [0.2, 0.25) is 0 Å². The number of para-hydroxylation sites is 1. The largest absolute Gasteiger partial charge is 0.454 e. The number of hydrogen-bond donors (Lipinski definition) is 0. The molecule has 1 fully saturated rings. The lowest BCUT2D eigenvalue weighted by Crippen LogP contribution is -2.24. The SMILES string of the molecule is Cc1cccc(N=c2scc(-c3cc4ccccc4o3)n2C[C@H]2CCCO2)c1C. The van der Waals surface area contributed by atoms with Crippen LogP contribution in [0.3, 0.4) is 0 Å². The van der Waals surface area contributed by atoms with Crippen LogP contribution in [-0.4, -0.2) is 17.3 Å². The number of nitrogens with zero attached hydrogens (tertiary/aromatic N) is 2. The maximum Gasteiger partial charge on any atom is 0.190 e. The number of hydrogen-bond acceptors (Lipinski definition) is 4. The first-order chi connectivity index (χ1) is 14.2. The van der Waals surface area contributed by atoms with E-state index in [0.717, 1.165) is 58.9 Å². The van der Waals surface area contributed by atoms with Crippen molar-refractivity contribution in [2.24, 2.45) is 4.99 Å². The van der Waals surface area contributed by atoms with Gasteiger partial charge in [0.05, 0.1) is 24.0 Å². The minimum absolute atomic E-state index is 0.227. The maximum absolute atomic E-state index is 6.17. The number of aryl methyl sites for hydroxylation is 1. The van der Waals surface area contributed by atoms with Gasteiger partial charge in [-0.05, 0) is 56.0 Å². The fraction of sp³-hybridized carbons (Fsp3) is 0.292. The zero-order valence-electron chi connectivity index (χ0n) is 16.7. The summed E-state index contributed by atoms with van der Waals surface area (Å²) in [6.45, 7) is 5.90. The minimum Gasteiger partial charge on any atom is -0.454 e. The second kappa shape index (κ2) is 7.65. The van der Waals surface area contributed by atoms with E-state index in [1.165, 1.54) is 11.1 Å². The molecule has 1 aliphatic rings. The van der Waals surface area contributed by atoms with Crippen molar-refractivity contribution in [2.75, 3.05) is 6.61 Å². The molecule has 29 heavy (non-hydrogen) atoms. The van der Waals surface area contributed by atoms with Gasteiger partial charge in [0.15, 0.2) is 10.6 Å². The van der Waals surface area contributed by atoms with Crippen molar-refractivity contribution in [3.63, 3.8) is 0 Å². The molecule has 4 aromatic rings. The van der Waals surface area contributed by atoms with E-state index >= 15 is 0 Å². The van der Waals surface area contributed by atoms with E-state index in [4.69, 9.17) is 14.1 Å². The Labute approximate surface area is 174 Å². The smallest absolute Gasteiger partial charge is 0.190 e. The van der Waals surface area contributed by atoms with Crippen LogP contribution in [-0.2, 0) is 11.3 Å². The summed E-state index contributed by atoms with van der Waals surface area (Å²) < 4.78 is 14.4. The van der Waals surface area contributed by atoms with Crippen LogP contribution < -0.4 is 4.80 Å². The predicted molar refractivity (Wildman–Crippen MR) is 118 cm³/mol. The topological polar surface area (TPSA) is 39.7 Å². The van der Waals surface area contributed by atoms with Crippen LogP contribution in [0, 0.1) is 13.8 Å². The Kier molecular flexibility index (Phi) is 4.86. The molecule has 2 aromatic carbocycles. The molecule has 0 saturated carbocycles. The molecule has 1 atom stereocenters. The van der Waals surface area contributed by atoms with Gasteiger partial charge in [-0.25, -0.2) is 4.99 Å². The van der Waals surface area contributed by atoms with E-state index in [1.54, 1.807) is 11.3 Å². The summed E-state index contributed by atoms with van der Waals surface area (Å²) in [6.07, 6.45) is 2.44. The molecule has 148 valence electrons. The average Bonchev–Trinajstić information content (AvgIpc) is 3.46. The fourth-order valence-corrected chi connectivity index (χ4v) is 4.76. The number of benzene rings is 2. The lowest BCUT2D eigenvalue weighted by molar-refractivity contribution is 0.0967. The number of aromatic nitrogens is 1. The van der Waals surface area contributed by atoms with Crippen LogP contribution in [0.5, 0.6) is 0 Å². The van der Waals surface area contributed by atoms with Crippen LogP contribution >= 0.6 is 11.3 Å². The second-order valence-corrected chi connectivity index (χ2v) is 8.47. The molecule has 5 heteroatoms. The monoisotopic (exact) mass is 404 g/mol. The van der Waals surface area contributed by atoms with Crippen LogP contribution in [0.15, 0.2) is 63.3 Å². The van der Waals surface area contributed by atoms with Gasteiger partial charge in [-0.1, -0.05) is 30.3 Å². The molecular formula is C24H24N2O2S. The van der Waals surface area contributed by atoms with Crippen LogP contribution in [0.1, 0.15) is 24.0 Å². The molecule has 0 N–H and O–H groups in total. The lowest BCUT2D eigenvalue weighted by Gasteiger charge is -2.13. The van der Waals surface area contributed by atoms with Crippen molar-refractivity contribution in [2.45, 2.75) is 39.3 Å². The molecular weight excluding hydrogens is 380 g/mol. The molecule has 0 spiro atoms. The number of ether oxygens (including phenoxy) is 1. The summed E-state index contributed by atoms with van der Waals surface area (Å²) >= 11 is 1.65. The zero-order chi connectivity index (χ0) is 19.8. The predicted octanol–water partition coefficient (Wildman–Crippen LogP) is 5.99. The van der Waals surface area contributed by atoms with Gasteiger partial charge in [-0.3, -0.25) is 0 Å². The highest BCUT2D eigenvalue weighted by atomic mass is 32.1. The van der Waals surface area contributed by atoms with Gasteiger partial charge in [0, 0.05) is 17.4 Å². The molecule has 5 rings (SSSR count). The molecule has 1 aliphatic heterocycles. The summed E-state index contributed by atoms with van der Waals surface area (Å²) in [5, 5.41) is 3.27.